The quantitative estimate of drug-likeness (QED) is 0.570. The lowest BCUT2D eigenvalue weighted by Crippen LogP contribution is -2.23. The summed E-state index contributed by atoms with van der Waals surface area (Å²) in [6, 6.07) is 13.5. The molecule has 2 N–H and O–H groups in total. The Morgan fingerprint density at radius 3 is 2.67 bits per heavy atom. The highest BCUT2D eigenvalue weighted by Gasteiger charge is 2.11. The van der Waals surface area contributed by atoms with Gasteiger partial charge in [0.15, 0.2) is 0 Å². The molecule has 3 aromatic heterocycles. The molecule has 0 saturated heterocycles. The lowest BCUT2D eigenvalue weighted by Gasteiger charge is -2.07. The lowest BCUT2D eigenvalue weighted by atomic mass is 10.2. The molecular weight excluding hydrogens is 342 g/mol. The van der Waals surface area contributed by atoms with Crippen molar-refractivity contribution < 1.29 is 9.21 Å². The van der Waals surface area contributed by atoms with Crippen LogP contribution in [0.2, 0.25) is 0 Å². The van der Waals surface area contributed by atoms with Crippen molar-refractivity contribution >= 4 is 5.91 Å². The van der Waals surface area contributed by atoms with Crippen LogP contribution in [0.3, 0.4) is 0 Å². The van der Waals surface area contributed by atoms with E-state index in [1.165, 1.54) is 0 Å². The van der Waals surface area contributed by atoms with Crippen LogP contribution in [0.15, 0.2) is 59.4 Å². The number of nitrogens with zero attached hydrogens (tertiary/aromatic N) is 3. The minimum atomic E-state index is -0.208. The van der Waals surface area contributed by atoms with Crippen LogP contribution in [0.4, 0.5) is 0 Å². The van der Waals surface area contributed by atoms with Gasteiger partial charge < -0.3 is 9.73 Å². The fourth-order valence-electron chi connectivity index (χ4n) is 2.92. The predicted molar refractivity (Wildman–Crippen MR) is 100 cm³/mol. The van der Waals surface area contributed by atoms with E-state index >= 15 is 0 Å². The van der Waals surface area contributed by atoms with Crippen LogP contribution in [0.25, 0.3) is 16.9 Å². The summed E-state index contributed by atoms with van der Waals surface area (Å²) in [6.45, 7) is 4.42. The molecule has 4 aromatic rings. The molecule has 0 aliphatic rings. The highest BCUT2D eigenvalue weighted by molar-refractivity contribution is 5.93. The summed E-state index contributed by atoms with van der Waals surface area (Å²) in [4.78, 5) is 12.3. The fraction of sp³-hybridized carbons (Fsp3) is 0.150. The lowest BCUT2D eigenvalue weighted by molar-refractivity contribution is 0.0946. The topological polar surface area (TPSA) is 88.7 Å². The first-order chi connectivity index (χ1) is 13.1. The van der Waals surface area contributed by atoms with Crippen LogP contribution < -0.4 is 5.32 Å². The Hall–Kier alpha value is -3.61. The van der Waals surface area contributed by atoms with Gasteiger partial charge in [-0.1, -0.05) is 12.1 Å². The zero-order valence-electron chi connectivity index (χ0n) is 15.1. The van der Waals surface area contributed by atoms with Gasteiger partial charge >= 0.3 is 0 Å². The first-order valence-electron chi connectivity index (χ1n) is 8.59. The highest BCUT2D eigenvalue weighted by atomic mass is 16.3. The molecule has 3 heterocycles. The number of aromatic nitrogens is 4. The molecule has 0 spiro atoms. The average molecular weight is 361 g/mol. The van der Waals surface area contributed by atoms with Gasteiger partial charge in [0.1, 0.15) is 5.69 Å². The van der Waals surface area contributed by atoms with Crippen molar-refractivity contribution in [2.24, 2.45) is 0 Å². The maximum absolute atomic E-state index is 12.3. The molecule has 0 radical (unpaired) electrons. The summed E-state index contributed by atoms with van der Waals surface area (Å²) >= 11 is 0. The third kappa shape index (κ3) is 3.52. The summed E-state index contributed by atoms with van der Waals surface area (Å²) in [5, 5.41) is 14.3. The van der Waals surface area contributed by atoms with Gasteiger partial charge in [0, 0.05) is 17.8 Å². The van der Waals surface area contributed by atoms with Crippen LogP contribution in [-0.2, 0) is 6.54 Å². The van der Waals surface area contributed by atoms with E-state index in [4.69, 9.17) is 4.42 Å². The Balaban J connectivity index is 1.40. The van der Waals surface area contributed by atoms with Crippen LogP contribution in [-0.4, -0.2) is 25.9 Å². The smallest absolute Gasteiger partial charge is 0.269 e. The number of rotatable bonds is 5. The zero-order valence-corrected chi connectivity index (χ0v) is 15.1. The molecule has 27 heavy (non-hydrogen) atoms. The van der Waals surface area contributed by atoms with E-state index in [0.29, 0.717) is 17.9 Å². The van der Waals surface area contributed by atoms with Crippen molar-refractivity contribution in [3.63, 3.8) is 0 Å². The minimum absolute atomic E-state index is 0.208. The summed E-state index contributed by atoms with van der Waals surface area (Å²) in [7, 11) is 0. The molecule has 0 aliphatic carbocycles. The number of carbonyl (C=O) groups excluding carboxylic acids is 1. The fourth-order valence-corrected chi connectivity index (χ4v) is 2.92. The molecule has 1 amide bonds. The van der Waals surface area contributed by atoms with Crippen molar-refractivity contribution in [1.29, 1.82) is 0 Å². The Morgan fingerprint density at radius 1 is 1.19 bits per heavy atom. The second-order valence-electron chi connectivity index (χ2n) is 6.37. The first kappa shape index (κ1) is 16.8. The second-order valence-corrected chi connectivity index (χ2v) is 6.37. The molecule has 4 rings (SSSR count). The van der Waals surface area contributed by atoms with Crippen LogP contribution in [0.1, 0.15) is 27.4 Å². The van der Waals surface area contributed by atoms with E-state index in [-0.39, 0.29) is 5.91 Å². The maximum Gasteiger partial charge on any atom is 0.269 e. The summed E-state index contributed by atoms with van der Waals surface area (Å²) in [6.07, 6.45) is 3.15. The Kier molecular flexibility index (Phi) is 4.33. The van der Waals surface area contributed by atoms with E-state index in [9.17, 15) is 4.79 Å². The van der Waals surface area contributed by atoms with Gasteiger partial charge in [0.2, 0.25) is 0 Å². The summed E-state index contributed by atoms with van der Waals surface area (Å²) < 4.78 is 6.94. The van der Waals surface area contributed by atoms with Gasteiger partial charge in [-0.2, -0.15) is 10.2 Å². The molecule has 1 aromatic carbocycles. The number of hydrogen-bond donors (Lipinski definition) is 2. The van der Waals surface area contributed by atoms with Gasteiger partial charge in [0.05, 0.1) is 29.6 Å². The molecule has 0 saturated carbocycles. The molecule has 0 fully saturated rings. The van der Waals surface area contributed by atoms with Crippen molar-refractivity contribution in [2.75, 3.05) is 0 Å². The number of benzene rings is 1. The molecule has 0 bridgehead atoms. The van der Waals surface area contributed by atoms with Crippen molar-refractivity contribution in [1.82, 2.24) is 25.3 Å². The molecule has 0 aliphatic heterocycles. The van der Waals surface area contributed by atoms with E-state index in [1.807, 2.05) is 48.9 Å². The van der Waals surface area contributed by atoms with E-state index < -0.39 is 0 Å². The van der Waals surface area contributed by atoms with Gasteiger partial charge in [-0.3, -0.25) is 9.89 Å². The van der Waals surface area contributed by atoms with Gasteiger partial charge in [-0.05, 0) is 49.7 Å². The van der Waals surface area contributed by atoms with Gasteiger partial charge in [0.25, 0.3) is 5.91 Å². The monoisotopic (exact) mass is 361 g/mol. The number of nitrogens with one attached hydrogen (secondary N) is 2. The number of amides is 1. The van der Waals surface area contributed by atoms with Crippen molar-refractivity contribution in [2.45, 2.75) is 20.4 Å². The van der Waals surface area contributed by atoms with Crippen molar-refractivity contribution in [3.05, 3.63) is 77.6 Å². The number of aromatic amines is 1. The van der Waals surface area contributed by atoms with Crippen LogP contribution in [0.5, 0.6) is 0 Å². The molecule has 7 heteroatoms. The van der Waals surface area contributed by atoms with Gasteiger partial charge in [-0.15, -0.1) is 0 Å². The maximum atomic E-state index is 12.3. The number of furan rings is 1. The number of aryl methyl sites for hydroxylation is 2. The molecule has 7 nitrogen and oxygen atoms in total. The first-order valence-corrected chi connectivity index (χ1v) is 8.59. The van der Waals surface area contributed by atoms with Crippen LogP contribution >= 0.6 is 0 Å². The molecule has 0 atom stereocenters. The van der Waals surface area contributed by atoms with E-state index in [1.54, 1.807) is 24.7 Å². The Labute approximate surface area is 156 Å². The second kappa shape index (κ2) is 6.95. The largest absolute Gasteiger partial charge is 0.472 e. The van der Waals surface area contributed by atoms with Crippen molar-refractivity contribution in [3.8, 4) is 16.9 Å². The number of H-pyrrole nitrogens is 1. The molecular formula is C20H19N5O2. The predicted octanol–water partition coefficient (Wildman–Crippen LogP) is 3.40. The minimum Gasteiger partial charge on any atom is -0.472 e. The molecule has 136 valence electrons. The third-order valence-electron chi connectivity index (χ3n) is 4.28. The third-order valence-corrected chi connectivity index (χ3v) is 4.28. The Bertz CT molecular complexity index is 1060. The van der Waals surface area contributed by atoms with Crippen LogP contribution in [0, 0.1) is 13.8 Å². The average Bonchev–Trinajstić information content (AvgIpc) is 3.40. The SMILES string of the molecule is Cc1cc(C)n(-c2ccc(CNC(=O)c3cc(-c4ccoc4)n[nH]3)cc2)n1. The summed E-state index contributed by atoms with van der Waals surface area (Å²) in [5.41, 5.74) is 5.97. The number of hydrogen-bond acceptors (Lipinski definition) is 4. The molecule has 0 unspecified atom stereocenters. The highest BCUT2D eigenvalue weighted by Crippen LogP contribution is 2.18. The van der Waals surface area contributed by atoms with Gasteiger partial charge in [-0.25, -0.2) is 4.68 Å². The normalized spacial score (nSPS) is 10.9. The number of carbonyl (C=O) groups is 1. The van der Waals surface area contributed by atoms with E-state index in [0.717, 1.165) is 28.2 Å². The van der Waals surface area contributed by atoms with E-state index in [2.05, 4.69) is 20.6 Å². The zero-order chi connectivity index (χ0) is 18.8. The summed E-state index contributed by atoms with van der Waals surface area (Å²) in [5.74, 6) is -0.208. The standard InChI is InChI=1S/C20H19N5O2/c1-13-9-14(2)25(24-13)17-5-3-15(4-6-17)11-21-20(26)19-10-18(22-23-19)16-7-8-27-12-16/h3-10,12H,11H2,1-2H3,(H,21,26)(H,22,23). The Morgan fingerprint density at radius 2 is 2.00 bits per heavy atom.